The summed E-state index contributed by atoms with van der Waals surface area (Å²) in [6.45, 7) is 4.23. The molecular weight excluding hydrogens is 282 g/mol. The molecule has 0 saturated carbocycles. The topological polar surface area (TPSA) is 56.7 Å². The Bertz CT molecular complexity index is 567. The number of nitrogens with zero attached hydrogens (tertiary/aromatic N) is 1. The van der Waals surface area contributed by atoms with E-state index in [2.05, 4.69) is 32.5 Å². The Morgan fingerprint density at radius 2 is 2.00 bits per heavy atom. The highest BCUT2D eigenvalue weighted by Crippen LogP contribution is 2.09. The zero-order chi connectivity index (χ0) is 14.9. The van der Waals surface area contributed by atoms with Gasteiger partial charge in [-0.2, -0.15) is 11.3 Å². The number of thiophene rings is 1. The van der Waals surface area contributed by atoms with Gasteiger partial charge in [0, 0.05) is 13.1 Å². The summed E-state index contributed by atoms with van der Waals surface area (Å²) in [4.78, 5) is 4.57. The van der Waals surface area contributed by atoms with E-state index in [9.17, 15) is 5.11 Å². The van der Waals surface area contributed by atoms with Crippen molar-refractivity contribution in [1.82, 2.24) is 10.6 Å². The molecule has 0 radical (unpaired) electrons. The van der Waals surface area contributed by atoms with Crippen LogP contribution in [0.15, 0.2) is 46.1 Å². The van der Waals surface area contributed by atoms with E-state index in [0.29, 0.717) is 13.1 Å². The van der Waals surface area contributed by atoms with Gasteiger partial charge in [0.25, 0.3) is 0 Å². The minimum Gasteiger partial charge on any atom is -0.392 e. The number of hydrogen-bond donors (Lipinski definition) is 3. The molecule has 21 heavy (non-hydrogen) atoms. The average Bonchev–Trinajstić information content (AvgIpc) is 3.03. The van der Waals surface area contributed by atoms with Gasteiger partial charge in [-0.25, -0.2) is 4.99 Å². The SMILES string of the molecule is CCNC(=NCc1ccsc1)NCc1ccccc1CO. The first-order chi connectivity index (χ1) is 10.3. The van der Waals surface area contributed by atoms with Crippen molar-refractivity contribution in [2.45, 2.75) is 26.6 Å². The van der Waals surface area contributed by atoms with E-state index in [-0.39, 0.29) is 6.61 Å². The van der Waals surface area contributed by atoms with Crippen molar-refractivity contribution in [1.29, 1.82) is 0 Å². The summed E-state index contributed by atoms with van der Waals surface area (Å²) in [5.41, 5.74) is 3.24. The molecule has 0 fully saturated rings. The number of aliphatic hydroxyl groups is 1. The average molecular weight is 303 g/mol. The first-order valence-electron chi connectivity index (χ1n) is 7.04. The second-order valence-corrected chi connectivity index (χ2v) is 5.39. The van der Waals surface area contributed by atoms with Crippen molar-refractivity contribution in [2.24, 2.45) is 4.99 Å². The van der Waals surface area contributed by atoms with Crippen LogP contribution in [-0.4, -0.2) is 17.6 Å². The molecule has 0 atom stereocenters. The Kier molecular flexibility index (Phi) is 6.24. The van der Waals surface area contributed by atoms with Crippen LogP contribution in [0.5, 0.6) is 0 Å². The number of hydrogen-bond acceptors (Lipinski definition) is 3. The van der Waals surface area contributed by atoms with Crippen molar-refractivity contribution in [2.75, 3.05) is 6.54 Å². The highest BCUT2D eigenvalue weighted by Gasteiger charge is 2.02. The van der Waals surface area contributed by atoms with Gasteiger partial charge in [0.05, 0.1) is 13.2 Å². The van der Waals surface area contributed by atoms with Gasteiger partial charge in [0.15, 0.2) is 5.96 Å². The molecule has 2 aromatic rings. The maximum absolute atomic E-state index is 9.34. The Labute approximate surface area is 129 Å². The molecule has 0 amide bonds. The van der Waals surface area contributed by atoms with E-state index >= 15 is 0 Å². The molecule has 0 spiro atoms. The lowest BCUT2D eigenvalue weighted by Crippen LogP contribution is -2.37. The van der Waals surface area contributed by atoms with Gasteiger partial charge in [0.1, 0.15) is 0 Å². The van der Waals surface area contributed by atoms with Crippen molar-refractivity contribution in [3.8, 4) is 0 Å². The number of aliphatic hydroxyl groups excluding tert-OH is 1. The lowest BCUT2D eigenvalue weighted by atomic mass is 10.1. The minimum atomic E-state index is 0.0560. The van der Waals surface area contributed by atoms with E-state index in [1.807, 2.05) is 31.2 Å². The molecule has 1 heterocycles. The number of rotatable bonds is 6. The third-order valence-electron chi connectivity index (χ3n) is 3.08. The standard InChI is InChI=1S/C16H21N3OS/c1-2-17-16(18-9-13-7-8-21-12-13)19-10-14-5-3-4-6-15(14)11-20/h3-8,12,20H,2,9-11H2,1H3,(H2,17,18,19). The summed E-state index contributed by atoms with van der Waals surface area (Å²) < 4.78 is 0. The van der Waals surface area contributed by atoms with E-state index < -0.39 is 0 Å². The summed E-state index contributed by atoms with van der Waals surface area (Å²) in [6, 6.07) is 9.95. The Hall–Kier alpha value is -1.85. The number of nitrogens with one attached hydrogen (secondary N) is 2. The molecule has 1 aromatic heterocycles. The van der Waals surface area contributed by atoms with E-state index in [1.54, 1.807) is 11.3 Å². The van der Waals surface area contributed by atoms with Crippen molar-refractivity contribution < 1.29 is 5.11 Å². The van der Waals surface area contributed by atoms with Crippen LogP contribution in [0.25, 0.3) is 0 Å². The zero-order valence-corrected chi connectivity index (χ0v) is 13.0. The van der Waals surface area contributed by atoms with Crippen molar-refractivity contribution >= 4 is 17.3 Å². The smallest absolute Gasteiger partial charge is 0.191 e. The van der Waals surface area contributed by atoms with Crippen LogP contribution in [0, 0.1) is 0 Å². The van der Waals surface area contributed by atoms with E-state index in [4.69, 9.17) is 0 Å². The summed E-state index contributed by atoms with van der Waals surface area (Å²) in [6.07, 6.45) is 0. The number of guanidine groups is 1. The maximum atomic E-state index is 9.34. The molecular formula is C16H21N3OS. The molecule has 2 rings (SSSR count). The van der Waals surface area contributed by atoms with Crippen molar-refractivity contribution in [3.05, 3.63) is 57.8 Å². The van der Waals surface area contributed by atoms with Crippen molar-refractivity contribution in [3.63, 3.8) is 0 Å². The number of aliphatic imine (C=N–C) groups is 1. The number of benzene rings is 1. The van der Waals surface area contributed by atoms with Gasteiger partial charge in [-0.05, 0) is 40.4 Å². The fourth-order valence-corrected chi connectivity index (χ4v) is 2.62. The minimum absolute atomic E-state index is 0.0560. The van der Waals surface area contributed by atoms with Gasteiger partial charge < -0.3 is 15.7 Å². The van der Waals surface area contributed by atoms with Crippen LogP contribution < -0.4 is 10.6 Å². The summed E-state index contributed by atoms with van der Waals surface area (Å²) in [5.74, 6) is 0.788. The third kappa shape index (κ3) is 4.88. The molecule has 0 bridgehead atoms. The first-order valence-corrected chi connectivity index (χ1v) is 7.98. The Morgan fingerprint density at radius 3 is 2.67 bits per heavy atom. The predicted molar refractivity (Wildman–Crippen MR) is 88.3 cm³/mol. The lowest BCUT2D eigenvalue weighted by molar-refractivity contribution is 0.280. The first kappa shape index (κ1) is 15.5. The third-order valence-corrected chi connectivity index (χ3v) is 3.81. The molecule has 4 nitrogen and oxygen atoms in total. The molecule has 1 aromatic carbocycles. The van der Waals surface area contributed by atoms with E-state index in [0.717, 1.165) is 23.6 Å². The molecule has 0 aliphatic carbocycles. The van der Waals surface area contributed by atoms with Crippen LogP contribution in [0.1, 0.15) is 23.6 Å². The molecule has 0 saturated heterocycles. The molecule has 5 heteroatoms. The highest BCUT2D eigenvalue weighted by atomic mass is 32.1. The summed E-state index contributed by atoms with van der Waals surface area (Å²) >= 11 is 1.68. The molecule has 112 valence electrons. The van der Waals surface area contributed by atoms with Gasteiger partial charge >= 0.3 is 0 Å². The molecule has 0 aliphatic heterocycles. The predicted octanol–water partition coefficient (Wildman–Crippen LogP) is 2.50. The van der Waals surface area contributed by atoms with Crippen LogP contribution >= 0.6 is 11.3 Å². The quantitative estimate of drug-likeness (QED) is 0.568. The monoisotopic (exact) mass is 303 g/mol. The fourth-order valence-electron chi connectivity index (χ4n) is 1.96. The van der Waals surface area contributed by atoms with E-state index in [1.165, 1.54) is 5.56 Å². The van der Waals surface area contributed by atoms with Crippen LogP contribution in [0.2, 0.25) is 0 Å². The second-order valence-electron chi connectivity index (χ2n) is 4.61. The molecule has 3 N–H and O–H groups in total. The largest absolute Gasteiger partial charge is 0.392 e. The van der Waals surface area contributed by atoms with Crippen LogP contribution in [-0.2, 0) is 19.7 Å². The second kappa shape index (κ2) is 8.44. The molecule has 0 unspecified atom stereocenters. The van der Waals surface area contributed by atoms with Gasteiger partial charge in [-0.1, -0.05) is 24.3 Å². The molecule has 0 aliphatic rings. The fraction of sp³-hybridized carbons (Fsp3) is 0.312. The van der Waals surface area contributed by atoms with Gasteiger partial charge in [0.2, 0.25) is 0 Å². The Balaban J connectivity index is 1.97. The van der Waals surface area contributed by atoms with Crippen LogP contribution in [0.3, 0.4) is 0 Å². The summed E-state index contributed by atoms with van der Waals surface area (Å²) in [5, 5.41) is 20.0. The lowest BCUT2D eigenvalue weighted by Gasteiger charge is -2.13. The van der Waals surface area contributed by atoms with Crippen LogP contribution in [0.4, 0.5) is 0 Å². The maximum Gasteiger partial charge on any atom is 0.191 e. The normalized spacial score (nSPS) is 11.4. The zero-order valence-electron chi connectivity index (χ0n) is 12.2. The highest BCUT2D eigenvalue weighted by molar-refractivity contribution is 7.07. The Morgan fingerprint density at radius 1 is 1.19 bits per heavy atom. The summed E-state index contributed by atoms with van der Waals surface area (Å²) in [7, 11) is 0. The van der Waals surface area contributed by atoms with Gasteiger partial charge in [-0.15, -0.1) is 0 Å². The van der Waals surface area contributed by atoms with Gasteiger partial charge in [-0.3, -0.25) is 0 Å².